The van der Waals surface area contributed by atoms with Crippen molar-refractivity contribution < 1.29 is 27.7 Å². The van der Waals surface area contributed by atoms with Crippen molar-refractivity contribution in [3.63, 3.8) is 0 Å². The van der Waals surface area contributed by atoms with Crippen molar-refractivity contribution in [3.8, 4) is 0 Å². The molecular weight excluding hydrogens is 458 g/mol. The standard InChI is InChI=1S/C15H17N5O7S3/c1-9(13(22)16-14-17-18-15(29-14)28-8-12(21)27-2)19(30(3,25)26)10-5-4-6-11(7-10)20(23)24/h4-7,9H,8H2,1-3H3,(H,16,17,22)/t9-/m1/s1. The molecule has 0 spiro atoms. The Morgan fingerprint density at radius 2 is 2.10 bits per heavy atom. The maximum absolute atomic E-state index is 12.6. The van der Waals surface area contributed by atoms with E-state index < -0.39 is 32.9 Å². The molecule has 2 rings (SSSR count). The van der Waals surface area contributed by atoms with E-state index >= 15 is 0 Å². The molecule has 162 valence electrons. The monoisotopic (exact) mass is 475 g/mol. The van der Waals surface area contributed by atoms with Crippen molar-refractivity contribution in [1.29, 1.82) is 0 Å². The summed E-state index contributed by atoms with van der Waals surface area (Å²) in [4.78, 5) is 34.1. The van der Waals surface area contributed by atoms with E-state index in [1.54, 1.807) is 0 Å². The molecule has 1 amide bonds. The fourth-order valence-electron chi connectivity index (χ4n) is 2.26. The van der Waals surface area contributed by atoms with Crippen molar-refractivity contribution in [2.24, 2.45) is 0 Å². The van der Waals surface area contributed by atoms with Crippen molar-refractivity contribution >= 4 is 61.5 Å². The highest BCUT2D eigenvalue weighted by molar-refractivity contribution is 8.01. The van der Waals surface area contributed by atoms with Gasteiger partial charge < -0.3 is 4.74 Å². The summed E-state index contributed by atoms with van der Waals surface area (Å²) < 4.78 is 30.3. The topological polar surface area (TPSA) is 162 Å². The molecule has 2 aromatic rings. The number of aromatic nitrogens is 2. The Labute approximate surface area is 179 Å². The number of rotatable bonds is 9. The maximum Gasteiger partial charge on any atom is 0.316 e. The normalized spacial score (nSPS) is 12.1. The highest BCUT2D eigenvalue weighted by Gasteiger charge is 2.30. The molecule has 0 aliphatic carbocycles. The van der Waals surface area contributed by atoms with Crippen LogP contribution in [0, 0.1) is 10.1 Å². The Bertz CT molecular complexity index is 1060. The molecule has 0 bridgehead atoms. The van der Waals surface area contributed by atoms with Crippen LogP contribution in [0.25, 0.3) is 0 Å². The molecule has 30 heavy (non-hydrogen) atoms. The third kappa shape index (κ3) is 6.11. The Morgan fingerprint density at radius 1 is 1.40 bits per heavy atom. The van der Waals surface area contributed by atoms with Gasteiger partial charge in [0, 0.05) is 12.1 Å². The lowest BCUT2D eigenvalue weighted by molar-refractivity contribution is -0.384. The first-order valence-corrected chi connectivity index (χ1v) is 11.8. The molecule has 1 atom stereocenters. The lowest BCUT2D eigenvalue weighted by Gasteiger charge is -2.27. The van der Waals surface area contributed by atoms with Gasteiger partial charge in [0.1, 0.15) is 6.04 Å². The Balaban J connectivity index is 2.19. The van der Waals surface area contributed by atoms with Crippen LogP contribution in [-0.2, 0) is 24.3 Å². The fourth-order valence-corrected chi connectivity index (χ4v) is 5.01. The Kier molecular flexibility index (Phi) is 7.69. The number of sulfonamides is 1. The number of nitrogens with zero attached hydrogens (tertiary/aromatic N) is 4. The summed E-state index contributed by atoms with van der Waals surface area (Å²) in [7, 11) is -2.70. The average molecular weight is 476 g/mol. The number of methoxy groups -OCH3 is 1. The first-order chi connectivity index (χ1) is 14.0. The molecular formula is C15H17N5O7S3. The molecule has 0 aliphatic heterocycles. The predicted molar refractivity (Wildman–Crippen MR) is 111 cm³/mol. The van der Waals surface area contributed by atoms with E-state index in [0.717, 1.165) is 39.7 Å². The van der Waals surface area contributed by atoms with Gasteiger partial charge in [0.15, 0.2) is 4.34 Å². The van der Waals surface area contributed by atoms with E-state index in [-0.39, 0.29) is 22.3 Å². The van der Waals surface area contributed by atoms with Gasteiger partial charge in [-0.25, -0.2) is 8.42 Å². The van der Waals surface area contributed by atoms with Crippen LogP contribution >= 0.6 is 23.1 Å². The number of thioether (sulfide) groups is 1. The predicted octanol–water partition coefficient (Wildman–Crippen LogP) is 1.50. The highest BCUT2D eigenvalue weighted by Crippen LogP contribution is 2.28. The fraction of sp³-hybridized carbons (Fsp3) is 0.333. The minimum Gasteiger partial charge on any atom is -0.468 e. The number of esters is 1. The summed E-state index contributed by atoms with van der Waals surface area (Å²) in [5.41, 5.74) is -0.342. The zero-order chi connectivity index (χ0) is 22.5. The van der Waals surface area contributed by atoms with Gasteiger partial charge in [-0.2, -0.15) is 0 Å². The molecule has 0 fully saturated rings. The van der Waals surface area contributed by atoms with Crippen molar-refractivity contribution in [3.05, 3.63) is 34.4 Å². The zero-order valence-corrected chi connectivity index (χ0v) is 18.4. The van der Waals surface area contributed by atoms with Crippen LogP contribution in [-0.4, -0.2) is 60.6 Å². The van der Waals surface area contributed by atoms with Gasteiger partial charge in [0.2, 0.25) is 21.1 Å². The molecule has 1 aromatic carbocycles. The smallest absolute Gasteiger partial charge is 0.316 e. The second kappa shape index (κ2) is 9.82. The lowest BCUT2D eigenvalue weighted by Crippen LogP contribution is -2.45. The number of nitro benzene ring substituents is 1. The summed E-state index contributed by atoms with van der Waals surface area (Å²) in [6.45, 7) is 1.34. The average Bonchev–Trinajstić information content (AvgIpc) is 3.12. The number of nitro groups is 1. The minimum absolute atomic E-state index is 0.0180. The number of benzene rings is 1. The van der Waals surface area contributed by atoms with Crippen molar-refractivity contribution in [2.45, 2.75) is 17.3 Å². The van der Waals surface area contributed by atoms with E-state index in [9.17, 15) is 28.1 Å². The summed E-state index contributed by atoms with van der Waals surface area (Å²) in [6.07, 6.45) is 0.891. The number of non-ortho nitro benzene ring substituents is 1. The molecule has 0 saturated heterocycles. The third-order valence-electron chi connectivity index (χ3n) is 3.56. The summed E-state index contributed by atoms with van der Waals surface area (Å²) >= 11 is 2.07. The second-order valence-corrected chi connectivity index (χ2v) is 9.80. The Morgan fingerprint density at radius 3 is 2.70 bits per heavy atom. The van der Waals surface area contributed by atoms with Crippen LogP contribution in [0.3, 0.4) is 0 Å². The number of nitrogens with one attached hydrogen (secondary N) is 1. The number of carbonyl (C=O) groups excluding carboxylic acids is 2. The summed E-state index contributed by atoms with van der Waals surface area (Å²) in [5, 5.41) is 21.2. The lowest BCUT2D eigenvalue weighted by atomic mass is 10.2. The number of carbonyl (C=O) groups is 2. The van der Waals surface area contributed by atoms with Crippen LogP contribution in [0.15, 0.2) is 28.6 Å². The Hall–Kier alpha value is -2.78. The van der Waals surface area contributed by atoms with Crippen molar-refractivity contribution in [1.82, 2.24) is 10.2 Å². The molecule has 1 heterocycles. The van der Waals surface area contributed by atoms with Gasteiger partial charge >= 0.3 is 5.97 Å². The van der Waals surface area contributed by atoms with E-state index in [0.29, 0.717) is 4.34 Å². The molecule has 0 saturated carbocycles. The molecule has 1 N–H and O–H groups in total. The van der Waals surface area contributed by atoms with Crippen LogP contribution in [0.1, 0.15) is 6.92 Å². The van der Waals surface area contributed by atoms with E-state index in [4.69, 9.17) is 0 Å². The minimum atomic E-state index is -3.95. The van der Waals surface area contributed by atoms with E-state index in [1.807, 2.05) is 0 Å². The van der Waals surface area contributed by atoms with E-state index in [2.05, 4.69) is 20.3 Å². The molecule has 0 aliphatic rings. The number of hydrogen-bond donors (Lipinski definition) is 1. The van der Waals surface area contributed by atoms with Crippen molar-refractivity contribution in [2.75, 3.05) is 28.7 Å². The quantitative estimate of drug-likeness (QED) is 0.185. The van der Waals surface area contributed by atoms with Gasteiger partial charge in [-0.3, -0.25) is 29.3 Å². The molecule has 15 heteroatoms. The first-order valence-electron chi connectivity index (χ1n) is 8.10. The van der Waals surface area contributed by atoms with Crippen LogP contribution in [0.5, 0.6) is 0 Å². The molecule has 1 aromatic heterocycles. The van der Waals surface area contributed by atoms with Crippen LogP contribution in [0.2, 0.25) is 0 Å². The first kappa shape index (κ1) is 23.5. The largest absolute Gasteiger partial charge is 0.468 e. The number of anilines is 2. The van der Waals surface area contributed by atoms with Crippen LogP contribution in [0.4, 0.5) is 16.5 Å². The number of hydrogen-bond acceptors (Lipinski definition) is 11. The maximum atomic E-state index is 12.6. The van der Waals surface area contributed by atoms with Gasteiger partial charge in [0.25, 0.3) is 5.69 Å². The molecule has 0 unspecified atom stereocenters. The van der Waals surface area contributed by atoms with E-state index in [1.165, 1.54) is 32.2 Å². The number of amides is 1. The van der Waals surface area contributed by atoms with Gasteiger partial charge in [0.05, 0.1) is 29.7 Å². The molecule has 0 radical (unpaired) electrons. The SMILES string of the molecule is COC(=O)CSc1nnc(NC(=O)[C@@H](C)N(c2cccc([N+](=O)[O-])c2)S(C)(=O)=O)s1. The van der Waals surface area contributed by atoms with Gasteiger partial charge in [-0.15, -0.1) is 10.2 Å². The van der Waals surface area contributed by atoms with Gasteiger partial charge in [-0.05, 0) is 13.0 Å². The van der Waals surface area contributed by atoms with Crippen LogP contribution < -0.4 is 9.62 Å². The second-order valence-electron chi connectivity index (χ2n) is 5.74. The zero-order valence-electron chi connectivity index (χ0n) is 16.0. The number of ether oxygens (including phenoxy) is 1. The summed E-state index contributed by atoms with van der Waals surface area (Å²) in [5.74, 6) is -1.15. The highest BCUT2D eigenvalue weighted by atomic mass is 32.2. The molecule has 12 nitrogen and oxygen atoms in total. The van der Waals surface area contributed by atoms with Gasteiger partial charge in [-0.1, -0.05) is 29.2 Å². The summed E-state index contributed by atoms with van der Waals surface area (Å²) in [6, 6.07) is 3.72. The third-order valence-corrected chi connectivity index (χ3v) is 6.75.